The van der Waals surface area contributed by atoms with E-state index in [1.54, 1.807) is 30.1 Å². The van der Waals surface area contributed by atoms with Crippen LogP contribution in [0.3, 0.4) is 0 Å². The number of ether oxygens (including phenoxy) is 3. The summed E-state index contributed by atoms with van der Waals surface area (Å²) < 4.78 is 16.6. The molecule has 0 aromatic heterocycles. The van der Waals surface area contributed by atoms with Gasteiger partial charge >= 0.3 is 17.7 Å². The van der Waals surface area contributed by atoms with Crippen LogP contribution in [0.15, 0.2) is 23.2 Å². The average Bonchev–Trinajstić information content (AvgIpc) is 3.12. The molecular formula is C16H15N3O6. The van der Waals surface area contributed by atoms with Gasteiger partial charge in [-0.15, -0.1) is 0 Å². The molecule has 9 heteroatoms. The number of amidine groups is 1. The van der Waals surface area contributed by atoms with Crippen LogP contribution in [0.4, 0.5) is 5.69 Å². The number of anilines is 1. The van der Waals surface area contributed by atoms with Crippen molar-refractivity contribution in [1.82, 2.24) is 5.32 Å². The first-order valence-corrected chi connectivity index (χ1v) is 7.72. The number of carbonyl (C=O) groups is 3. The molecule has 1 N–H and O–H groups in total. The highest BCUT2D eigenvalue weighted by Crippen LogP contribution is 2.43. The van der Waals surface area contributed by atoms with Gasteiger partial charge in [0.25, 0.3) is 6.23 Å². The first-order valence-electron chi connectivity index (χ1n) is 7.72. The van der Waals surface area contributed by atoms with Crippen molar-refractivity contribution in [3.63, 3.8) is 0 Å². The maximum absolute atomic E-state index is 11.9. The topological polar surface area (TPSA) is 107 Å². The Balaban J connectivity index is 1.87. The molecular weight excluding hydrogens is 330 g/mol. The summed E-state index contributed by atoms with van der Waals surface area (Å²) in [7, 11) is 1.68. The summed E-state index contributed by atoms with van der Waals surface area (Å²) >= 11 is 0. The summed E-state index contributed by atoms with van der Waals surface area (Å²) in [6.45, 7) is 2.46. The zero-order valence-corrected chi connectivity index (χ0v) is 13.6. The molecule has 0 radical (unpaired) electrons. The van der Waals surface area contributed by atoms with Gasteiger partial charge in [0.1, 0.15) is 5.75 Å². The SMILES string of the molecule is CC(=O)c1ccc2c(c1)OC1(C3=NCCN3)OC(=O)C(=O)OC1N2C. The summed E-state index contributed by atoms with van der Waals surface area (Å²) in [5, 5.41) is 3.00. The van der Waals surface area contributed by atoms with Crippen LogP contribution < -0.4 is 15.0 Å². The van der Waals surface area contributed by atoms with E-state index in [1.165, 1.54) is 6.92 Å². The van der Waals surface area contributed by atoms with Crippen LogP contribution in [0, 0.1) is 0 Å². The molecule has 1 aromatic rings. The van der Waals surface area contributed by atoms with E-state index in [0.29, 0.717) is 30.1 Å². The fraction of sp³-hybridized carbons (Fsp3) is 0.375. The average molecular weight is 345 g/mol. The van der Waals surface area contributed by atoms with Crippen molar-refractivity contribution in [2.24, 2.45) is 4.99 Å². The number of hydrogen-bond donors (Lipinski definition) is 1. The highest BCUT2D eigenvalue weighted by Gasteiger charge is 2.62. The zero-order valence-electron chi connectivity index (χ0n) is 13.6. The molecule has 2 atom stereocenters. The molecule has 0 bridgehead atoms. The molecule has 1 saturated heterocycles. The second kappa shape index (κ2) is 5.20. The molecule has 3 aliphatic rings. The van der Waals surface area contributed by atoms with Gasteiger partial charge in [-0.25, -0.2) is 9.59 Å². The van der Waals surface area contributed by atoms with Crippen molar-refractivity contribution in [3.05, 3.63) is 23.8 Å². The van der Waals surface area contributed by atoms with Crippen LogP contribution in [0.1, 0.15) is 17.3 Å². The van der Waals surface area contributed by atoms with Gasteiger partial charge in [-0.3, -0.25) is 9.79 Å². The van der Waals surface area contributed by atoms with Crippen LogP contribution in [0.2, 0.25) is 0 Å². The fourth-order valence-electron chi connectivity index (χ4n) is 3.10. The van der Waals surface area contributed by atoms with Gasteiger partial charge in [-0.05, 0) is 25.1 Å². The third-order valence-corrected chi connectivity index (χ3v) is 4.32. The highest BCUT2D eigenvalue weighted by atomic mass is 16.8. The number of aliphatic imine (C=N–C) groups is 1. The van der Waals surface area contributed by atoms with Crippen LogP contribution >= 0.6 is 0 Å². The van der Waals surface area contributed by atoms with Gasteiger partial charge in [0.05, 0.1) is 12.2 Å². The van der Waals surface area contributed by atoms with E-state index in [-0.39, 0.29) is 11.6 Å². The molecule has 0 aliphatic carbocycles. The predicted molar refractivity (Wildman–Crippen MR) is 84.5 cm³/mol. The Kier molecular flexibility index (Phi) is 3.21. The Bertz CT molecular complexity index is 835. The van der Waals surface area contributed by atoms with Gasteiger partial charge in [-0.2, -0.15) is 0 Å². The molecule has 4 rings (SSSR count). The number of esters is 2. The minimum absolute atomic E-state index is 0.131. The smallest absolute Gasteiger partial charge is 0.421 e. The van der Waals surface area contributed by atoms with E-state index < -0.39 is 24.0 Å². The lowest BCUT2D eigenvalue weighted by molar-refractivity contribution is -0.240. The number of nitrogens with zero attached hydrogens (tertiary/aromatic N) is 2. The first kappa shape index (κ1) is 15.4. The lowest BCUT2D eigenvalue weighted by atomic mass is 10.0. The standard InChI is InChI=1S/C16H15N3O6/c1-8(20)9-3-4-10-11(7-9)24-16(14-17-5-6-18-14)15(19(10)2)23-12(21)13(22)25-16/h3-4,7,15H,5-6H2,1-2H3,(H,17,18). The summed E-state index contributed by atoms with van der Waals surface area (Å²) in [6.07, 6.45) is -1.04. The maximum atomic E-state index is 11.9. The van der Waals surface area contributed by atoms with E-state index in [4.69, 9.17) is 14.2 Å². The minimum atomic E-state index is -1.74. The summed E-state index contributed by atoms with van der Waals surface area (Å²) in [6, 6.07) is 4.89. The number of nitrogens with one attached hydrogen (secondary N) is 1. The van der Waals surface area contributed by atoms with Gasteiger partial charge in [0.15, 0.2) is 11.6 Å². The predicted octanol–water partition coefficient (Wildman–Crippen LogP) is -0.158. The number of carbonyl (C=O) groups excluding carboxylic acids is 3. The van der Waals surface area contributed by atoms with Gasteiger partial charge in [0.2, 0.25) is 0 Å². The van der Waals surface area contributed by atoms with Crippen molar-refractivity contribution >= 4 is 29.2 Å². The van der Waals surface area contributed by atoms with Crippen molar-refractivity contribution in [1.29, 1.82) is 0 Å². The molecule has 2 unspecified atom stereocenters. The quantitative estimate of drug-likeness (QED) is 0.448. The zero-order chi connectivity index (χ0) is 17.8. The normalized spacial score (nSPS) is 27.2. The molecule has 0 amide bonds. The van der Waals surface area contributed by atoms with Gasteiger partial charge in [-0.1, -0.05) is 0 Å². The Hall–Kier alpha value is -3.10. The molecule has 1 aromatic carbocycles. The van der Waals surface area contributed by atoms with Crippen molar-refractivity contribution in [3.8, 4) is 5.75 Å². The monoisotopic (exact) mass is 345 g/mol. The van der Waals surface area contributed by atoms with E-state index in [0.717, 1.165) is 0 Å². The molecule has 9 nitrogen and oxygen atoms in total. The number of fused-ring (bicyclic) bond motifs is 2. The summed E-state index contributed by atoms with van der Waals surface area (Å²) in [5.41, 5.74) is 1.04. The number of Topliss-reactive ketones (excluding diaryl/α,β-unsaturated/α-hetero) is 1. The highest BCUT2D eigenvalue weighted by molar-refractivity contribution is 6.31. The Morgan fingerprint density at radius 2 is 2.12 bits per heavy atom. The van der Waals surface area contributed by atoms with Crippen LogP contribution in [0.5, 0.6) is 5.75 Å². The third kappa shape index (κ3) is 2.15. The number of benzene rings is 1. The van der Waals surface area contributed by atoms with Gasteiger partial charge in [0, 0.05) is 19.2 Å². The number of hydrogen-bond acceptors (Lipinski definition) is 9. The van der Waals surface area contributed by atoms with Crippen LogP contribution in [0.25, 0.3) is 0 Å². The second-order valence-electron chi connectivity index (χ2n) is 5.92. The maximum Gasteiger partial charge on any atom is 0.421 e. The number of rotatable bonds is 2. The lowest BCUT2D eigenvalue weighted by Crippen LogP contribution is -2.71. The third-order valence-electron chi connectivity index (χ3n) is 4.32. The number of ketones is 1. The van der Waals surface area contributed by atoms with Crippen molar-refractivity contribution in [2.75, 3.05) is 25.0 Å². The van der Waals surface area contributed by atoms with Crippen molar-refractivity contribution < 1.29 is 28.6 Å². The first-order chi connectivity index (χ1) is 11.9. The summed E-state index contributed by atoms with van der Waals surface area (Å²) in [4.78, 5) is 41.2. The Morgan fingerprint density at radius 3 is 2.80 bits per heavy atom. The number of likely N-dealkylation sites (N-methyl/N-ethyl adjacent to an activating group) is 1. The molecule has 25 heavy (non-hydrogen) atoms. The molecule has 0 saturated carbocycles. The molecule has 1 fully saturated rings. The minimum Gasteiger partial charge on any atom is -0.439 e. The van der Waals surface area contributed by atoms with E-state index in [2.05, 4.69) is 10.3 Å². The second-order valence-corrected chi connectivity index (χ2v) is 5.92. The Morgan fingerprint density at radius 1 is 1.32 bits per heavy atom. The lowest BCUT2D eigenvalue weighted by Gasteiger charge is -2.48. The molecule has 0 spiro atoms. The fourth-order valence-corrected chi connectivity index (χ4v) is 3.10. The van der Waals surface area contributed by atoms with E-state index in [1.807, 2.05) is 0 Å². The Labute approximate surface area is 142 Å². The van der Waals surface area contributed by atoms with Crippen LogP contribution in [-0.4, -0.2) is 55.7 Å². The van der Waals surface area contributed by atoms with Crippen LogP contribution in [-0.2, 0) is 19.1 Å². The molecule has 3 heterocycles. The van der Waals surface area contributed by atoms with E-state index >= 15 is 0 Å². The molecule has 3 aliphatic heterocycles. The van der Waals surface area contributed by atoms with E-state index in [9.17, 15) is 14.4 Å². The molecule has 130 valence electrons. The van der Waals surface area contributed by atoms with Crippen molar-refractivity contribution in [2.45, 2.75) is 18.9 Å². The van der Waals surface area contributed by atoms with Gasteiger partial charge < -0.3 is 24.4 Å². The summed E-state index contributed by atoms with van der Waals surface area (Å²) in [5.74, 6) is -3.53. The largest absolute Gasteiger partial charge is 0.439 e.